The van der Waals surface area contributed by atoms with E-state index in [1.807, 2.05) is 4.90 Å². The number of benzene rings is 1. The molecule has 0 atom stereocenters. The zero-order valence-electron chi connectivity index (χ0n) is 19.2. The molecule has 0 radical (unpaired) electrons. The van der Waals surface area contributed by atoms with Gasteiger partial charge in [-0.15, -0.1) is 0 Å². The molecule has 178 valence electrons. The van der Waals surface area contributed by atoms with Gasteiger partial charge in [0.05, 0.1) is 22.3 Å². The minimum atomic E-state index is -0.332. The summed E-state index contributed by atoms with van der Waals surface area (Å²) in [7, 11) is 4.94. The molecule has 0 unspecified atom stereocenters. The van der Waals surface area contributed by atoms with Crippen LogP contribution in [0.15, 0.2) is 48.1 Å². The number of pyridine rings is 1. The van der Waals surface area contributed by atoms with Gasteiger partial charge in [0.15, 0.2) is 0 Å². The SMILES string of the molecule is CN(C)C1=C(N(C)C(=O)CN2CCN(c3c(Cl)cncc3Cl)CC2)C(=O)c2ccccc2C1=O. The number of ketones is 2. The minimum absolute atomic E-state index is 0.104. The van der Waals surface area contributed by atoms with Crippen molar-refractivity contribution in [2.75, 3.05) is 58.8 Å². The fourth-order valence-electron chi connectivity index (χ4n) is 4.33. The zero-order valence-corrected chi connectivity index (χ0v) is 20.7. The average molecular weight is 502 g/mol. The molecule has 2 aliphatic rings. The topological polar surface area (TPSA) is 77.1 Å². The van der Waals surface area contributed by atoms with Crippen molar-refractivity contribution in [1.29, 1.82) is 0 Å². The maximum atomic E-state index is 13.3. The number of Topliss-reactive ketones (excluding diaryl/α,β-unsaturated/α-hetero) is 2. The van der Waals surface area contributed by atoms with E-state index >= 15 is 0 Å². The number of amides is 1. The molecule has 1 aromatic carbocycles. The van der Waals surface area contributed by atoms with Crippen molar-refractivity contribution in [1.82, 2.24) is 19.7 Å². The Labute approximate surface area is 208 Å². The molecule has 0 spiro atoms. The van der Waals surface area contributed by atoms with Crippen molar-refractivity contribution in [3.8, 4) is 0 Å². The largest absolute Gasteiger partial charge is 0.373 e. The number of anilines is 1. The highest BCUT2D eigenvalue weighted by atomic mass is 35.5. The van der Waals surface area contributed by atoms with Gasteiger partial charge < -0.3 is 14.7 Å². The Morgan fingerprint density at radius 3 is 1.97 bits per heavy atom. The van der Waals surface area contributed by atoms with Crippen molar-refractivity contribution in [3.63, 3.8) is 0 Å². The van der Waals surface area contributed by atoms with Crippen LogP contribution in [0.5, 0.6) is 0 Å². The molecule has 0 bridgehead atoms. The van der Waals surface area contributed by atoms with Crippen LogP contribution in [0.3, 0.4) is 0 Å². The Kier molecular flexibility index (Phi) is 6.93. The molecule has 4 rings (SSSR count). The van der Waals surface area contributed by atoms with Crippen LogP contribution >= 0.6 is 23.2 Å². The van der Waals surface area contributed by atoms with E-state index in [2.05, 4.69) is 9.88 Å². The second kappa shape index (κ2) is 9.74. The molecule has 2 aromatic rings. The van der Waals surface area contributed by atoms with E-state index in [0.29, 0.717) is 47.4 Å². The molecule has 1 saturated heterocycles. The first kappa shape index (κ1) is 24.2. The van der Waals surface area contributed by atoms with E-state index in [1.165, 1.54) is 4.90 Å². The number of aromatic nitrogens is 1. The highest BCUT2D eigenvalue weighted by Crippen LogP contribution is 2.33. The van der Waals surface area contributed by atoms with Gasteiger partial charge in [-0.2, -0.15) is 0 Å². The molecule has 1 aliphatic carbocycles. The third-order valence-corrected chi connectivity index (χ3v) is 6.66. The molecule has 1 aliphatic heterocycles. The van der Waals surface area contributed by atoms with Crippen molar-refractivity contribution in [2.45, 2.75) is 0 Å². The van der Waals surface area contributed by atoms with Crippen molar-refractivity contribution in [3.05, 3.63) is 69.2 Å². The molecule has 10 heteroatoms. The minimum Gasteiger partial charge on any atom is -0.373 e. The molecule has 2 heterocycles. The zero-order chi connectivity index (χ0) is 24.6. The standard InChI is InChI=1S/C24H25Cl2N5O3/c1-28(2)21-22(24(34)16-7-5-4-6-15(16)23(21)33)29(3)19(32)14-30-8-10-31(11-9-30)20-17(25)12-27-13-18(20)26/h4-7,12-13H,8-11,14H2,1-3H3. The van der Waals surface area contributed by atoms with Gasteiger partial charge in [0.25, 0.3) is 0 Å². The summed E-state index contributed by atoms with van der Waals surface area (Å²) in [5.74, 6) is -0.862. The number of allylic oxidation sites excluding steroid dienone is 2. The van der Waals surface area contributed by atoms with E-state index in [4.69, 9.17) is 23.2 Å². The predicted molar refractivity (Wildman–Crippen MR) is 131 cm³/mol. The first-order valence-electron chi connectivity index (χ1n) is 10.8. The van der Waals surface area contributed by atoms with Crippen LogP contribution in [0, 0.1) is 0 Å². The lowest BCUT2D eigenvalue weighted by atomic mass is 9.89. The smallest absolute Gasteiger partial charge is 0.241 e. The van der Waals surface area contributed by atoms with Crippen LogP contribution in [0.25, 0.3) is 0 Å². The second-order valence-corrected chi connectivity index (χ2v) is 9.28. The van der Waals surface area contributed by atoms with Crippen LogP contribution in [-0.4, -0.2) is 91.0 Å². The quantitative estimate of drug-likeness (QED) is 0.623. The Bertz CT molecular complexity index is 1170. The number of carbonyl (C=O) groups is 3. The Morgan fingerprint density at radius 1 is 0.912 bits per heavy atom. The van der Waals surface area contributed by atoms with E-state index in [0.717, 1.165) is 5.69 Å². The Hall–Kier alpha value is -2.94. The number of likely N-dealkylation sites (N-methyl/N-ethyl adjacent to an activating group) is 2. The lowest BCUT2D eigenvalue weighted by Crippen LogP contribution is -2.50. The maximum Gasteiger partial charge on any atom is 0.241 e. The molecule has 0 N–H and O–H groups in total. The molecule has 1 amide bonds. The van der Waals surface area contributed by atoms with E-state index < -0.39 is 0 Å². The Balaban J connectivity index is 1.49. The van der Waals surface area contributed by atoms with Gasteiger partial charge in [-0.05, 0) is 0 Å². The number of halogens is 2. The number of carbonyl (C=O) groups excluding carboxylic acids is 3. The number of piperazine rings is 1. The predicted octanol–water partition coefficient (Wildman–Crippen LogP) is 2.82. The molecule has 1 fully saturated rings. The lowest BCUT2D eigenvalue weighted by Gasteiger charge is -2.37. The summed E-state index contributed by atoms with van der Waals surface area (Å²) in [4.78, 5) is 50.6. The molecule has 0 saturated carbocycles. The molecule has 1 aromatic heterocycles. The van der Waals surface area contributed by atoms with Gasteiger partial charge in [0.1, 0.15) is 11.4 Å². The van der Waals surface area contributed by atoms with Gasteiger partial charge in [-0.1, -0.05) is 47.5 Å². The summed E-state index contributed by atoms with van der Waals surface area (Å²) in [6, 6.07) is 6.70. The third kappa shape index (κ3) is 4.41. The summed E-state index contributed by atoms with van der Waals surface area (Å²) < 4.78 is 0. The monoisotopic (exact) mass is 501 g/mol. The Morgan fingerprint density at radius 2 is 1.44 bits per heavy atom. The van der Waals surface area contributed by atoms with Gasteiger partial charge in [0, 0.05) is 70.8 Å². The third-order valence-electron chi connectivity index (χ3n) is 6.10. The number of nitrogens with zero attached hydrogens (tertiary/aromatic N) is 5. The van der Waals surface area contributed by atoms with Gasteiger partial charge in [-0.25, -0.2) is 0 Å². The fraction of sp³-hybridized carbons (Fsp3) is 0.333. The summed E-state index contributed by atoms with van der Waals surface area (Å²) in [5, 5.41) is 0.973. The average Bonchev–Trinajstić information content (AvgIpc) is 2.81. The van der Waals surface area contributed by atoms with Crippen LogP contribution in [0.4, 0.5) is 5.69 Å². The molecular weight excluding hydrogens is 477 g/mol. The molecule has 34 heavy (non-hydrogen) atoms. The summed E-state index contributed by atoms with van der Waals surface area (Å²) in [6.07, 6.45) is 3.12. The number of hydrogen-bond donors (Lipinski definition) is 0. The van der Waals surface area contributed by atoms with Gasteiger partial charge in [-0.3, -0.25) is 24.3 Å². The number of fused-ring (bicyclic) bond motifs is 1. The van der Waals surface area contributed by atoms with Crippen LogP contribution in [0.1, 0.15) is 20.7 Å². The van der Waals surface area contributed by atoms with Crippen molar-refractivity contribution in [2.24, 2.45) is 0 Å². The highest BCUT2D eigenvalue weighted by Gasteiger charge is 2.37. The number of rotatable bonds is 5. The van der Waals surface area contributed by atoms with Crippen LogP contribution < -0.4 is 4.90 Å². The normalized spacial score (nSPS) is 16.6. The summed E-state index contributed by atoms with van der Waals surface area (Å²) >= 11 is 12.6. The lowest BCUT2D eigenvalue weighted by molar-refractivity contribution is -0.129. The van der Waals surface area contributed by atoms with Crippen LogP contribution in [-0.2, 0) is 4.79 Å². The summed E-state index contributed by atoms with van der Waals surface area (Å²) in [5.41, 5.74) is 1.73. The van der Waals surface area contributed by atoms with Crippen molar-refractivity contribution < 1.29 is 14.4 Å². The van der Waals surface area contributed by atoms with E-state index in [-0.39, 0.29) is 35.4 Å². The maximum absolute atomic E-state index is 13.3. The summed E-state index contributed by atoms with van der Waals surface area (Å²) in [6.45, 7) is 2.62. The molecule has 8 nitrogen and oxygen atoms in total. The van der Waals surface area contributed by atoms with Gasteiger partial charge in [0.2, 0.25) is 17.5 Å². The van der Waals surface area contributed by atoms with Gasteiger partial charge >= 0.3 is 0 Å². The first-order chi connectivity index (χ1) is 16.2. The van der Waals surface area contributed by atoms with Crippen molar-refractivity contribution >= 4 is 46.4 Å². The van der Waals surface area contributed by atoms with E-state index in [9.17, 15) is 14.4 Å². The fourth-order valence-corrected chi connectivity index (χ4v) is 4.94. The second-order valence-electron chi connectivity index (χ2n) is 8.46. The highest BCUT2D eigenvalue weighted by molar-refractivity contribution is 6.38. The molecular formula is C24H25Cl2N5O3. The van der Waals surface area contributed by atoms with E-state index in [1.54, 1.807) is 62.7 Å². The number of hydrogen-bond acceptors (Lipinski definition) is 7. The van der Waals surface area contributed by atoms with Crippen LogP contribution in [0.2, 0.25) is 10.0 Å². The first-order valence-corrected chi connectivity index (χ1v) is 11.6.